The minimum absolute atomic E-state index is 0.0106. The molecule has 0 unspecified atom stereocenters. The summed E-state index contributed by atoms with van der Waals surface area (Å²) in [6.07, 6.45) is 9.12. The van der Waals surface area contributed by atoms with Gasteiger partial charge < -0.3 is 29.1 Å². The Labute approximate surface area is 362 Å². The Kier molecular flexibility index (Phi) is 15.6. The summed E-state index contributed by atoms with van der Waals surface area (Å²) < 4.78 is 28.6. The molecule has 62 heavy (non-hydrogen) atoms. The standard InChI is InChI=1S/C50H54N2O10/c1-5-7-39-28-40(29-41(31-51)48(39)62-47(55)21-9-34-8-18-44(33(4)26-34)59-23-6-22-52-45(53)19-20-46(52)54)37-10-11-38-30-43(17-14-36(38)27-37)61-50(57)35-12-15-42(16-13-35)58-24-25-60-49(56)32(2)3/h8,10-11,14,17-20,26-31,35,42,51H,2,5-7,9,12-13,15-16,21-25H2,1,3-4H3. The maximum atomic E-state index is 13.2. The second-order valence-corrected chi connectivity index (χ2v) is 15.8. The molecular formula is C50H54N2O10. The molecule has 1 heterocycles. The maximum Gasteiger partial charge on any atom is 0.333 e. The zero-order valence-corrected chi connectivity index (χ0v) is 35.7. The fourth-order valence-corrected chi connectivity index (χ4v) is 7.67. The van der Waals surface area contributed by atoms with E-state index in [4.69, 9.17) is 29.1 Å². The van der Waals surface area contributed by atoms with Gasteiger partial charge in [0.15, 0.2) is 0 Å². The maximum absolute atomic E-state index is 13.2. The number of fused-ring (bicyclic) bond motifs is 1. The van der Waals surface area contributed by atoms with E-state index in [1.807, 2.05) is 61.5 Å². The summed E-state index contributed by atoms with van der Waals surface area (Å²) in [7, 11) is 0. The zero-order valence-electron chi connectivity index (χ0n) is 35.7. The van der Waals surface area contributed by atoms with Crippen LogP contribution in [0.3, 0.4) is 0 Å². The molecule has 1 aliphatic carbocycles. The van der Waals surface area contributed by atoms with Crippen LogP contribution >= 0.6 is 0 Å². The second-order valence-electron chi connectivity index (χ2n) is 15.8. The van der Waals surface area contributed by atoms with Gasteiger partial charge in [0.1, 0.15) is 23.9 Å². The van der Waals surface area contributed by atoms with E-state index < -0.39 is 11.9 Å². The molecule has 0 aromatic heterocycles. The summed E-state index contributed by atoms with van der Waals surface area (Å²) in [5.41, 5.74) is 5.39. The van der Waals surface area contributed by atoms with Crippen LogP contribution in [0.25, 0.3) is 21.9 Å². The molecule has 1 saturated carbocycles. The van der Waals surface area contributed by atoms with Crippen LogP contribution in [0.15, 0.2) is 91.0 Å². The zero-order chi connectivity index (χ0) is 44.2. The topological polar surface area (TPSA) is 159 Å². The number of imide groups is 1. The van der Waals surface area contributed by atoms with Gasteiger partial charge in [0.2, 0.25) is 0 Å². The van der Waals surface area contributed by atoms with Gasteiger partial charge in [0.25, 0.3) is 11.8 Å². The van der Waals surface area contributed by atoms with Crippen LogP contribution in [0.5, 0.6) is 17.2 Å². The molecule has 1 aliphatic heterocycles. The van der Waals surface area contributed by atoms with Gasteiger partial charge in [-0.15, -0.1) is 0 Å². The van der Waals surface area contributed by atoms with E-state index in [0.717, 1.165) is 57.9 Å². The Balaban J connectivity index is 1.01. The van der Waals surface area contributed by atoms with Gasteiger partial charge in [-0.3, -0.25) is 24.1 Å². The number of benzene rings is 4. The van der Waals surface area contributed by atoms with Gasteiger partial charge in [-0.25, -0.2) is 4.79 Å². The van der Waals surface area contributed by atoms with Crippen molar-refractivity contribution in [3.63, 3.8) is 0 Å². The molecule has 1 fully saturated rings. The van der Waals surface area contributed by atoms with Crippen LogP contribution in [0.4, 0.5) is 0 Å². The van der Waals surface area contributed by atoms with Crippen LogP contribution in [0, 0.1) is 18.3 Å². The highest BCUT2D eigenvalue weighted by molar-refractivity contribution is 6.12. The summed E-state index contributed by atoms with van der Waals surface area (Å²) in [6.45, 7) is 10.3. The molecule has 324 valence electrons. The third-order valence-corrected chi connectivity index (χ3v) is 11.0. The number of carbonyl (C=O) groups excluding carboxylic acids is 5. The lowest BCUT2D eigenvalue weighted by Gasteiger charge is -2.27. The highest BCUT2D eigenvalue weighted by Gasteiger charge is 2.28. The van der Waals surface area contributed by atoms with E-state index in [2.05, 4.69) is 19.6 Å². The number of amides is 2. The van der Waals surface area contributed by atoms with Gasteiger partial charge in [0.05, 0.1) is 25.2 Å². The summed E-state index contributed by atoms with van der Waals surface area (Å²) in [5.74, 6) is -0.331. The molecule has 0 bridgehead atoms. The van der Waals surface area contributed by atoms with Crippen LogP contribution in [-0.2, 0) is 46.3 Å². The van der Waals surface area contributed by atoms with Crippen molar-refractivity contribution >= 4 is 46.7 Å². The van der Waals surface area contributed by atoms with E-state index in [1.165, 1.54) is 23.3 Å². The van der Waals surface area contributed by atoms with Crippen LogP contribution < -0.4 is 14.2 Å². The van der Waals surface area contributed by atoms with Gasteiger partial charge in [-0.1, -0.05) is 50.3 Å². The molecule has 2 amide bonds. The van der Waals surface area contributed by atoms with Crippen molar-refractivity contribution in [2.75, 3.05) is 26.4 Å². The number of nitrogens with zero attached hydrogens (tertiary/aromatic N) is 1. The first-order valence-corrected chi connectivity index (χ1v) is 21.3. The van der Waals surface area contributed by atoms with Crippen molar-refractivity contribution in [3.05, 3.63) is 113 Å². The summed E-state index contributed by atoms with van der Waals surface area (Å²) in [5, 5.41) is 10.1. The summed E-state index contributed by atoms with van der Waals surface area (Å²) in [4.78, 5) is 62.6. The largest absolute Gasteiger partial charge is 0.493 e. The predicted molar refractivity (Wildman–Crippen MR) is 235 cm³/mol. The number of nitrogens with one attached hydrogen (secondary N) is 1. The monoisotopic (exact) mass is 842 g/mol. The summed E-state index contributed by atoms with van der Waals surface area (Å²) in [6, 6.07) is 21.3. The van der Waals surface area contributed by atoms with Crippen LogP contribution in [0.2, 0.25) is 0 Å². The van der Waals surface area contributed by atoms with Crippen molar-refractivity contribution in [1.82, 2.24) is 4.90 Å². The third-order valence-electron chi connectivity index (χ3n) is 11.0. The van der Waals surface area contributed by atoms with Crippen molar-refractivity contribution in [2.24, 2.45) is 5.92 Å². The first-order valence-electron chi connectivity index (χ1n) is 21.3. The van der Waals surface area contributed by atoms with Crippen molar-refractivity contribution in [3.8, 4) is 28.4 Å². The number of hydrogen-bond donors (Lipinski definition) is 1. The van der Waals surface area contributed by atoms with Crippen molar-refractivity contribution < 1.29 is 47.7 Å². The number of aryl methyl sites for hydroxylation is 3. The average molecular weight is 843 g/mol. The Morgan fingerprint density at radius 1 is 0.839 bits per heavy atom. The molecule has 0 saturated heterocycles. The minimum Gasteiger partial charge on any atom is -0.493 e. The third kappa shape index (κ3) is 11.9. The molecule has 4 aromatic rings. The average Bonchev–Trinajstić information content (AvgIpc) is 3.59. The molecular weight excluding hydrogens is 789 g/mol. The van der Waals surface area contributed by atoms with E-state index in [0.29, 0.717) is 80.2 Å². The van der Waals surface area contributed by atoms with Crippen LogP contribution in [-0.4, -0.2) is 73.3 Å². The van der Waals surface area contributed by atoms with Gasteiger partial charge >= 0.3 is 17.9 Å². The Hall–Kier alpha value is -6.40. The highest BCUT2D eigenvalue weighted by atomic mass is 16.6. The number of rotatable bonds is 20. The molecule has 2 aliphatic rings. The fraction of sp³-hybridized carbons (Fsp3) is 0.360. The van der Waals surface area contributed by atoms with E-state index in [-0.39, 0.29) is 42.8 Å². The molecule has 0 atom stereocenters. The van der Waals surface area contributed by atoms with Crippen molar-refractivity contribution in [1.29, 1.82) is 5.41 Å². The smallest absolute Gasteiger partial charge is 0.333 e. The molecule has 0 radical (unpaired) electrons. The minimum atomic E-state index is -0.432. The van der Waals surface area contributed by atoms with E-state index >= 15 is 0 Å². The second kappa shape index (κ2) is 21.4. The molecule has 6 rings (SSSR count). The summed E-state index contributed by atoms with van der Waals surface area (Å²) >= 11 is 0. The Bertz CT molecular complexity index is 2360. The number of esters is 3. The van der Waals surface area contributed by atoms with Gasteiger partial charge in [-0.2, -0.15) is 0 Å². The molecule has 1 N–H and O–H groups in total. The lowest BCUT2D eigenvalue weighted by molar-refractivity contribution is -0.144. The fourth-order valence-electron chi connectivity index (χ4n) is 7.67. The van der Waals surface area contributed by atoms with E-state index in [9.17, 15) is 24.0 Å². The molecule has 12 nitrogen and oxygen atoms in total. The quantitative estimate of drug-likeness (QED) is 0.0228. The normalized spacial score (nSPS) is 16.0. The van der Waals surface area contributed by atoms with E-state index in [1.54, 1.807) is 13.0 Å². The number of carbonyl (C=O) groups is 5. The predicted octanol–water partition coefficient (Wildman–Crippen LogP) is 8.60. The lowest BCUT2D eigenvalue weighted by Crippen LogP contribution is -2.31. The first-order chi connectivity index (χ1) is 29.9. The number of ether oxygens (including phenoxy) is 5. The Morgan fingerprint density at radius 2 is 1.58 bits per heavy atom. The number of hydrogen-bond acceptors (Lipinski definition) is 11. The van der Waals surface area contributed by atoms with Gasteiger partial charge in [-0.05, 0) is 134 Å². The SMILES string of the molecule is C=C(C)C(=O)OCCOC1CCC(C(=O)Oc2ccc3cc(-c4cc(C=N)c(OC(=O)CCc5ccc(OCCCN6C(=O)C=CC6=O)c(C)c5)c(CCC)c4)ccc3c2)CC1. The van der Waals surface area contributed by atoms with Gasteiger partial charge in [0, 0.05) is 42.5 Å². The van der Waals surface area contributed by atoms with Crippen LogP contribution in [0.1, 0.15) is 81.0 Å². The molecule has 0 spiro atoms. The Morgan fingerprint density at radius 3 is 2.29 bits per heavy atom. The first kappa shape index (κ1) is 45.1. The highest BCUT2D eigenvalue weighted by Crippen LogP contribution is 2.35. The molecule has 4 aromatic carbocycles. The lowest BCUT2D eigenvalue weighted by atomic mass is 9.87. The molecule has 12 heteroatoms. The van der Waals surface area contributed by atoms with Crippen molar-refractivity contribution in [2.45, 2.75) is 84.7 Å².